The van der Waals surface area contributed by atoms with E-state index in [0.717, 1.165) is 6.07 Å². The first-order valence-corrected chi connectivity index (χ1v) is 4.04. The van der Waals surface area contributed by atoms with Crippen molar-refractivity contribution in [2.24, 2.45) is 0 Å². The molecule has 0 radical (unpaired) electrons. The first-order chi connectivity index (χ1) is 7.25. The first kappa shape index (κ1) is 9.25. The predicted octanol–water partition coefficient (Wildman–Crippen LogP) is 0.591. The zero-order chi connectivity index (χ0) is 10.7. The lowest BCUT2D eigenvalue weighted by atomic mass is 10.4. The van der Waals surface area contributed by atoms with Crippen molar-refractivity contribution in [3.05, 3.63) is 36.2 Å². The lowest BCUT2D eigenvalue weighted by Crippen LogP contribution is -2.12. The van der Waals surface area contributed by atoms with E-state index in [1.54, 1.807) is 0 Å². The molecule has 2 N–H and O–H groups in total. The summed E-state index contributed by atoms with van der Waals surface area (Å²) in [5, 5.41) is 11.9. The van der Waals surface area contributed by atoms with E-state index in [1.807, 2.05) is 0 Å². The zero-order valence-corrected chi connectivity index (χ0v) is 7.44. The Morgan fingerprint density at radius 2 is 2.27 bits per heavy atom. The number of aromatic amines is 1. The second-order valence-electron chi connectivity index (χ2n) is 2.68. The maximum atomic E-state index is 12.4. The summed E-state index contributed by atoms with van der Waals surface area (Å²) in [5.74, 6) is -1.04. The van der Waals surface area contributed by atoms with Crippen molar-refractivity contribution in [3.63, 3.8) is 0 Å². The van der Waals surface area contributed by atoms with Gasteiger partial charge in [0.05, 0.1) is 18.1 Å². The minimum Gasteiger partial charge on any atom is -0.319 e. The van der Waals surface area contributed by atoms with Crippen LogP contribution in [0.2, 0.25) is 0 Å². The number of halogens is 1. The molecule has 6 nitrogen and oxygen atoms in total. The number of hydrogen-bond acceptors (Lipinski definition) is 4. The maximum absolute atomic E-state index is 12.4. The van der Waals surface area contributed by atoms with Gasteiger partial charge in [0.1, 0.15) is 0 Å². The molecule has 0 unspecified atom stereocenters. The van der Waals surface area contributed by atoms with Crippen LogP contribution in [0, 0.1) is 5.95 Å². The van der Waals surface area contributed by atoms with Crippen LogP contribution in [0.15, 0.2) is 24.5 Å². The number of pyridine rings is 1. The van der Waals surface area contributed by atoms with Crippen molar-refractivity contribution in [2.45, 2.75) is 0 Å². The molecular weight excluding hydrogens is 201 g/mol. The van der Waals surface area contributed by atoms with Gasteiger partial charge in [-0.15, -0.1) is 0 Å². The molecule has 0 aliphatic carbocycles. The van der Waals surface area contributed by atoms with Gasteiger partial charge in [-0.25, -0.2) is 4.98 Å². The largest absolute Gasteiger partial charge is 0.319 e. The van der Waals surface area contributed by atoms with Crippen molar-refractivity contribution in [3.8, 4) is 0 Å². The molecule has 0 bridgehead atoms. The second-order valence-corrected chi connectivity index (χ2v) is 2.68. The second kappa shape index (κ2) is 3.82. The van der Waals surface area contributed by atoms with Crippen molar-refractivity contribution in [2.75, 3.05) is 5.32 Å². The monoisotopic (exact) mass is 207 g/mol. The molecule has 1 amide bonds. The molecule has 0 fully saturated rings. The summed E-state index contributed by atoms with van der Waals surface area (Å²) in [7, 11) is 0. The van der Waals surface area contributed by atoms with E-state index < -0.39 is 11.9 Å². The minimum atomic E-state index is -0.602. The van der Waals surface area contributed by atoms with Crippen molar-refractivity contribution in [1.29, 1.82) is 0 Å². The standard InChI is InChI=1S/C8H6FN5O/c9-7-2-1-5(3-10-7)12-8(15)6-4-11-14-13-6/h1-4H,(H,12,15)(H,11,13,14). The molecule has 0 saturated carbocycles. The van der Waals surface area contributed by atoms with Gasteiger partial charge in [0.2, 0.25) is 5.95 Å². The van der Waals surface area contributed by atoms with E-state index in [2.05, 4.69) is 25.7 Å². The number of aromatic nitrogens is 4. The van der Waals surface area contributed by atoms with Gasteiger partial charge in [0.25, 0.3) is 5.91 Å². The SMILES string of the molecule is O=C(Nc1ccc(F)nc1)c1cn[nH]n1. The average molecular weight is 207 g/mol. The molecule has 2 aromatic rings. The van der Waals surface area contributed by atoms with E-state index in [4.69, 9.17) is 0 Å². The molecular formula is C8H6FN5O. The third-order valence-corrected chi connectivity index (χ3v) is 1.63. The van der Waals surface area contributed by atoms with E-state index >= 15 is 0 Å². The quantitative estimate of drug-likeness (QED) is 0.706. The van der Waals surface area contributed by atoms with E-state index in [0.29, 0.717) is 5.69 Å². The van der Waals surface area contributed by atoms with E-state index in [1.165, 1.54) is 18.5 Å². The highest BCUT2D eigenvalue weighted by Crippen LogP contribution is 2.06. The number of anilines is 1. The number of carbonyl (C=O) groups excluding carboxylic acids is 1. The summed E-state index contributed by atoms with van der Waals surface area (Å²) < 4.78 is 12.4. The molecule has 2 heterocycles. The van der Waals surface area contributed by atoms with Crippen molar-refractivity contribution in [1.82, 2.24) is 20.4 Å². The van der Waals surface area contributed by atoms with Gasteiger partial charge in [-0.2, -0.15) is 19.8 Å². The highest BCUT2D eigenvalue weighted by molar-refractivity contribution is 6.02. The Morgan fingerprint density at radius 3 is 2.87 bits per heavy atom. The molecule has 7 heteroatoms. The number of H-pyrrole nitrogens is 1. The van der Waals surface area contributed by atoms with Crippen LogP contribution in [0.25, 0.3) is 0 Å². The van der Waals surface area contributed by atoms with Crippen LogP contribution in [-0.2, 0) is 0 Å². The van der Waals surface area contributed by atoms with Crippen LogP contribution in [0.5, 0.6) is 0 Å². The fourth-order valence-electron chi connectivity index (χ4n) is 0.956. The summed E-state index contributed by atoms with van der Waals surface area (Å²) in [5.41, 5.74) is 0.545. The fourth-order valence-corrected chi connectivity index (χ4v) is 0.956. The Morgan fingerprint density at radius 1 is 1.40 bits per heavy atom. The molecule has 15 heavy (non-hydrogen) atoms. The average Bonchev–Trinajstić information content (AvgIpc) is 2.74. The minimum absolute atomic E-state index is 0.152. The van der Waals surface area contributed by atoms with Crippen LogP contribution in [-0.4, -0.2) is 26.3 Å². The summed E-state index contributed by atoms with van der Waals surface area (Å²) >= 11 is 0. The van der Waals surface area contributed by atoms with Gasteiger partial charge in [0.15, 0.2) is 5.69 Å². The lowest BCUT2D eigenvalue weighted by molar-refractivity contribution is 0.102. The van der Waals surface area contributed by atoms with Crippen LogP contribution in [0.1, 0.15) is 10.5 Å². The zero-order valence-electron chi connectivity index (χ0n) is 7.44. The number of hydrogen-bond donors (Lipinski definition) is 2. The van der Waals surface area contributed by atoms with Crippen LogP contribution in [0.4, 0.5) is 10.1 Å². The molecule has 2 aromatic heterocycles. The third-order valence-electron chi connectivity index (χ3n) is 1.63. The van der Waals surface area contributed by atoms with Gasteiger partial charge >= 0.3 is 0 Å². The summed E-state index contributed by atoms with van der Waals surface area (Å²) in [6.45, 7) is 0. The van der Waals surface area contributed by atoms with Gasteiger partial charge in [-0.05, 0) is 12.1 Å². The Labute approximate surface area is 83.5 Å². The van der Waals surface area contributed by atoms with Gasteiger partial charge in [-0.3, -0.25) is 4.79 Å². The summed E-state index contributed by atoms with van der Waals surface area (Å²) in [4.78, 5) is 14.8. The highest BCUT2D eigenvalue weighted by Gasteiger charge is 2.08. The number of nitrogens with one attached hydrogen (secondary N) is 2. The lowest BCUT2D eigenvalue weighted by Gasteiger charge is -2.00. The van der Waals surface area contributed by atoms with Crippen LogP contribution >= 0.6 is 0 Å². The molecule has 0 aliphatic heterocycles. The maximum Gasteiger partial charge on any atom is 0.277 e. The molecule has 0 saturated heterocycles. The van der Waals surface area contributed by atoms with Crippen molar-refractivity contribution >= 4 is 11.6 Å². The normalized spacial score (nSPS) is 9.93. The van der Waals surface area contributed by atoms with Gasteiger partial charge in [-0.1, -0.05) is 0 Å². The number of nitrogens with zero attached hydrogens (tertiary/aromatic N) is 3. The molecule has 0 atom stereocenters. The molecule has 0 spiro atoms. The number of amides is 1. The Kier molecular flexibility index (Phi) is 2.36. The molecule has 0 aromatic carbocycles. The first-order valence-electron chi connectivity index (χ1n) is 4.04. The number of rotatable bonds is 2. The Balaban J connectivity index is 2.09. The highest BCUT2D eigenvalue weighted by atomic mass is 19.1. The fraction of sp³-hybridized carbons (Fsp3) is 0. The van der Waals surface area contributed by atoms with Crippen molar-refractivity contribution < 1.29 is 9.18 Å². The van der Waals surface area contributed by atoms with E-state index in [-0.39, 0.29) is 5.69 Å². The third kappa shape index (κ3) is 2.13. The summed E-state index contributed by atoms with van der Waals surface area (Å²) in [6, 6.07) is 2.55. The molecule has 76 valence electrons. The number of carbonyl (C=O) groups is 1. The van der Waals surface area contributed by atoms with Crippen LogP contribution in [0.3, 0.4) is 0 Å². The Hall–Kier alpha value is -2.31. The molecule has 2 rings (SSSR count). The van der Waals surface area contributed by atoms with Crippen LogP contribution < -0.4 is 5.32 Å². The topological polar surface area (TPSA) is 83.6 Å². The van der Waals surface area contributed by atoms with Gasteiger partial charge in [0, 0.05) is 0 Å². The smallest absolute Gasteiger partial charge is 0.277 e. The van der Waals surface area contributed by atoms with Gasteiger partial charge < -0.3 is 5.32 Å². The van der Waals surface area contributed by atoms with E-state index in [9.17, 15) is 9.18 Å². The summed E-state index contributed by atoms with van der Waals surface area (Å²) in [6.07, 6.45) is 2.50. The molecule has 0 aliphatic rings. The predicted molar refractivity (Wildman–Crippen MR) is 48.5 cm³/mol. The Bertz CT molecular complexity index is 452.